The largest absolute Gasteiger partial charge is 0.369 e. The van der Waals surface area contributed by atoms with Gasteiger partial charge in [-0.25, -0.2) is 0 Å². The van der Waals surface area contributed by atoms with E-state index in [9.17, 15) is 4.79 Å². The van der Waals surface area contributed by atoms with Gasteiger partial charge in [-0.15, -0.1) is 6.58 Å². The second-order valence-electron chi connectivity index (χ2n) is 4.52. The molecule has 1 amide bonds. The van der Waals surface area contributed by atoms with Crippen LogP contribution >= 0.6 is 0 Å². The fraction of sp³-hybridized carbons (Fsp3) is 0.667. The fourth-order valence-corrected chi connectivity index (χ4v) is 1.80. The molecule has 0 aromatic carbocycles. The van der Waals surface area contributed by atoms with Crippen molar-refractivity contribution >= 4 is 5.91 Å². The van der Waals surface area contributed by atoms with Gasteiger partial charge in [0.15, 0.2) is 0 Å². The molecule has 0 aromatic rings. The molecule has 0 bridgehead atoms. The summed E-state index contributed by atoms with van der Waals surface area (Å²) in [5.41, 5.74) is 5.31. The summed E-state index contributed by atoms with van der Waals surface area (Å²) >= 11 is 0. The maximum absolute atomic E-state index is 11.1. The SMILES string of the molecule is C=CCC(CCC=CCCCCCC)C(N)=O. The standard InChI is InChI=1S/C15H27NO/c1-3-5-6-7-8-9-10-11-13-14(12-4-2)15(16)17/h4,9-10,14H,2-3,5-8,11-13H2,1H3,(H2,16,17). The van der Waals surface area contributed by atoms with Crippen molar-refractivity contribution in [1.29, 1.82) is 0 Å². The summed E-state index contributed by atoms with van der Waals surface area (Å²) in [7, 11) is 0. The number of hydrogen-bond donors (Lipinski definition) is 1. The average Bonchev–Trinajstić information content (AvgIpc) is 2.31. The first-order chi connectivity index (χ1) is 8.22. The van der Waals surface area contributed by atoms with Crippen LogP contribution in [0.15, 0.2) is 24.8 Å². The van der Waals surface area contributed by atoms with E-state index < -0.39 is 0 Å². The second kappa shape index (κ2) is 11.4. The quantitative estimate of drug-likeness (QED) is 0.429. The van der Waals surface area contributed by atoms with Crippen molar-refractivity contribution in [1.82, 2.24) is 0 Å². The Bertz CT molecular complexity index is 233. The Morgan fingerprint density at radius 2 is 1.94 bits per heavy atom. The maximum Gasteiger partial charge on any atom is 0.220 e. The minimum absolute atomic E-state index is 0.0442. The van der Waals surface area contributed by atoms with Crippen molar-refractivity contribution in [2.45, 2.75) is 58.3 Å². The predicted molar refractivity (Wildman–Crippen MR) is 74.6 cm³/mol. The normalized spacial score (nSPS) is 12.8. The Hall–Kier alpha value is -1.05. The van der Waals surface area contributed by atoms with Crippen LogP contribution in [0.2, 0.25) is 0 Å². The van der Waals surface area contributed by atoms with E-state index in [4.69, 9.17) is 5.73 Å². The van der Waals surface area contributed by atoms with Crippen LogP contribution in [-0.2, 0) is 4.79 Å². The second-order valence-corrected chi connectivity index (χ2v) is 4.52. The van der Waals surface area contributed by atoms with Crippen molar-refractivity contribution in [3.63, 3.8) is 0 Å². The molecule has 2 nitrogen and oxygen atoms in total. The zero-order valence-corrected chi connectivity index (χ0v) is 11.2. The van der Waals surface area contributed by atoms with Gasteiger partial charge in [0, 0.05) is 5.92 Å². The molecule has 0 aliphatic rings. The molecule has 2 heteroatoms. The van der Waals surface area contributed by atoms with Gasteiger partial charge in [-0.1, -0.05) is 44.4 Å². The van der Waals surface area contributed by atoms with E-state index >= 15 is 0 Å². The van der Waals surface area contributed by atoms with Crippen LogP contribution in [0.5, 0.6) is 0 Å². The highest BCUT2D eigenvalue weighted by Gasteiger charge is 2.11. The third-order valence-electron chi connectivity index (χ3n) is 2.93. The Morgan fingerprint density at radius 3 is 2.53 bits per heavy atom. The van der Waals surface area contributed by atoms with Crippen molar-refractivity contribution in [3.05, 3.63) is 24.8 Å². The highest BCUT2D eigenvalue weighted by atomic mass is 16.1. The van der Waals surface area contributed by atoms with Gasteiger partial charge in [-0.3, -0.25) is 4.79 Å². The van der Waals surface area contributed by atoms with Gasteiger partial charge >= 0.3 is 0 Å². The smallest absolute Gasteiger partial charge is 0.220 e. The van der Waals surface area contributed by atoms with Gasteiger partial charge in [0.2, 0.25) is 5.91 Å². The van der Waals surface area contributed by atoms with Crippen molar-refractivity contribution < 1.29 is 4.79 Å². The molecule has 0 radical (unpaired) electrons. The molecule has 98 valence electrons. The molecule has 0 aliphatic heterocycles. The maximum atomic E-state index is 11.1. The Kier molecular flexibility index (Phi) is 10.7. The van der Waals surface area contributed by atoms with Crippen LogP contribution in [0.4, 0.5) is 0 Å². The monoisotopic (exact) mass is 237 g/mol. The molecule has 1 atom stereocenters. The number of nitrogens with two attached hydrogens (primary N) is 1. The molecule has 0 saturated heterocycles. The van der Waals surface area contributed by atoms with Gasteiger partial charge in [0.25, 0.3) is 0 Å². The van der Waals surface area contributed by atoms with Crippen LogP contribution in [0, 0.1) is 5.92 Å². The lowest BCUT2D eigenvalue weighted by Gasteiger charge is -2.08. The van der Waals surface area contributed by atoms with Crippen LogP contribution in [0.3, 0.4) is 0 Å². The zero-order chi connectivity index (χ0) is 12.9. The van der Waals surface area contributed by atoms with Crippen molar-refractivity contribution in [3.8, 4) is 0 Å². The summed E-state index contributed by atoms with van der Waals surface area (Å²) < 4.78 is 0. The number of carbonyl (C=O) groups is 1. The first-order valence-electron chi connectivity index (χ1n) is 6.77. The molecular weight excluding hydrogens is 210 g/mol. The third kappa shape index (κ3) is 9.86. The average molecular weight is 237 g/mol. The molecule has 0 spiro atoms. The molecule has 0 rings (SSSR count). The number of hydrogen-bond acceptors (Lipinski definition) is 1. The summed E-state index contributed by atoms with van der Waals surface area (Å²) in [6.45, 7) is 5.86. The molecule has 0 saturated carbocycles. The number of allylic oxidation sites excluding steroid dienone is 3. The van der Waals surface area contributed by atoms with E-state index in [2.05, 4.69) is 25.7 Å². The molecule has 0 aliphatic carbocycles. The van der Waals surface area contributed by atoms with E-state index in [0.29, 0.717) is 6.42 Å². The third-order valence-corrected chi connectivity index (χ3v) is 2.93. The van der Waals surface area contributed by atoms with E-state index in [1.165, 1.54) is 25.7 Å². The van der Waals surface area contributed by atoms with Gasteiger partial charge in [0.1, 0.15) is 0 Å². The number of carbonyl (C=O) groups excluding carboxylic acids is 1. The first-order valence-corrected chi connectivity index (χ1v) is 6.77. The Labute approximate surface area is 106 Å². The molecule has 0 fully saturated rings. The highest BCUT2D eigenvalue weighted by molar-refractivity contribution is 5.76. The molecule has 2 N–H and O–H groups in total. The Morgan fingerprint density at radius 1 is 1.24 bits per heavy atom. The summed E-state index contributed by atoms with van der Waals surface area (Å²) in [5, 5.41) is 0. The van der Waals surface area contributed by atoms with Gasteiger partial charge in [0.05, 0.1) is 0 Å². The van der Waals surface area contributed by atoms with E-state index in [-0.39, 0.29) is 11.8 Å². The van der Waals surface area contributed by atoms with Crippen LogP contribution in [0.1, 0.15) is 58.3 Å². The number of primary amides is 1. The lowest BCUT2D eigenvalue weighted by atomic mass is 9.98. The molecule has 0 heterocycles. The van der Waals surface area contributed by atoms with Crippen molar-refractivity contribution in [2.75, 3.05) is 0 Å². The van der Waals surface area contributed by atoms with E-state index in [0.717, 1.165) is 19.3 Å². The topological polar surface area (TPSA) is 43.1 Å². The molecule has 17 heavy (non-hydrogen) atoms. The fourth-order valence-electron chi connectivity index (χ4n) is 1.80. The lowest BCUT2D eigenvalue weighted by molar-refractivity contribution is -0.121. The summed E-state index contributed by atoms with van der Waals surface area (Å²) in [6, 6.07) is 0. The number of rotatable bonds is 11. The minimum atomic E-state index is -0.207. The zero-order valence-electron chi connectivity index (χ0n) is 11.2. The van der Waals surface area contributed by atoms with Gasteiger partial charge in [-0.2, -0.15) is 0 Å². The van der Waals surface area contributed by atoms with E-state index in [1.807, 2.05) is 0 Å². The van der Waals surface area contributed by atoms with Crippen LogP contribution < -0.4 is 5.73 Å². The van der Waals surface area contributed by atoms with Crippen LogP contribution in [-0.4, -0.2) is 5.91 Å². The molecule has 1 unspecified atom stereocenters. The highest BCUT2D eigenvalue weighted by Crippen LogP contribution is 2.12. The van der Waals surface area contributed by atoms with Gasteiger partial charge in [-0.05, 0) is 32.1 Å². The summed E-state index contributed by atoms with van der Waals surface area (Å²) in [5.74, 6) is -0.251. The number of amides is 1. The minimum Gasteiger partial charge on any atom is -0.369 e. The summed E-state index contributed by atoms with van der Waals surface area (Å²) in [6.07, 6.45) is 15.0. The molecule has 0 aromatic heterocycles. The summed E-state index contributed by atoms with van der Waals surface area (Å²) in [4.78, 5) is 11.1. The number of unbranched alkanes of at least 4 members (excludes halogenated alkanes) is 4. The lowest BCUT2D eigenvalue weighted by Crippen LogP contribution is -2.22. The van der Waals surface area contributed by atoms with Crippen molar-refractivity contribution in [2.24, 2.45) is 11.7 Å². The van der Waals surface area contributed by atoms with Gasteiger partial charge < -0.3 is 5.73 Å². The Balaban J connectivity index is 3.55. The first kappa shape index (κ1) is 16.0. The molecular formula is C15H27NO. The predicted octanol–water partition coefficient (Wildman–Crippen LogP) is 3.97. The van der Waals surface area contributed by atoms with E-state index in [1.54, 1.807) is 6.08 Å². The van der Waals surface area contributed by atoms with Crippen LogP contribution in [0.25, 0.3) is 0 Å².